The van der Waals surface area contributed by atoms with Crippen LogP contribution in [0.4, 0.5) is 10.5 Å². The minimum Gasteiger partial charge on any atom is -0.424 e. The number of ether oxygens (including phenoxy) is 1. The number of rotatable bonds is 5. The molecule has 1 aromatic heterocycles. The van der Waals surface area contributed by atoms with Gasteiger partial charge in [0.2, 0.25) is 5.88 Å². The summed E-state index contributed by atoms with van der Waals surface area (Å²) in [7, 11) is 0. The highest BCUT2D eigenvalue weighted by Gasteiger charge is 2.55. The Morgan fingerprint density at radius 1 is 1.20 bits per heavy atom. The van der Waals surface area contributed by atoms with E-state index in [0.29, 0.717) is 25.3 Å². The second kappa shape index (κ2) is 7.31. The SMILES string of the molecule is NC(=O)[N@@+]1(C(=O)CNc2ccccc2)CCCC1Oc1ccccn1. The van der Waals surface area contributed by atoms with Crippen LogP contribution < -0.4 is 15.8 Å². The van der Waals surface area contributed by atoms with Crippen LogP contribution in [0.2, 0.25) is 0 Å². The van der Waals surface area contributed by atoms with E-state index in [1.165, 1.54) is 0 Å². The smallest absolute Gasteiger partial charge is 0.424 e. The van der Waals surface area contributed by atoms with Gasteiger partial charge in [-0.3, -0.25) is 0 Å². The zero-order valence-electron chi connectivity index (χ0n) is 13.8. The molecular formula is C18H21N4O3+. The summed E-state index contributed by atoms with van der Waals surface area (Å²) in [6.45, 7) is 0.331. The van der Waals surface area contributed by atoms with Gasteiger partial charge in [0.05, 0.1) is 6.54 Å². The summed E-state index contributed by atoms with van der Waals surface area (Å²) >= 11 is 0. The quantitative estimate of drug-likeness (QED) is 0.812. The number of hydrogen-bond donors (Lipinski definition) is 2. The molecule has 1 fully saturated rings. The van der Waals surface area contributed by atoms with E-state index in [0.717, 1.165) is 5.69 Å². The van der Waals surface area contributed by atoms with Crippen molar-refractivity contribution in [3.63, 3.8) is 0 Å². The summed E-state index contributed by atoms with van der Waals surface area (Å²) < 4.78 is 5.32. The van der Waals surface area contributed by atoms with Crippen LogP contribution in [0, 0.1) is 0 Å². The molecule has 0 radical (unpaired) electrons. The first-order chi connectivity index (χ1) is 12.1. The molecule has 1 unspecified atom stereocenters. The topological polar surface area (TPSA) is 94.3 Å². The zero-order chi connectivity index (χ0) is 17.7. The molecular weight excluding hydrogens is 320 g/mol. The number of carbonyl (C=O) groups is 2. The van der Waals surface area contributed by atoms with Crippen LogP contribution in [0.3, 0.4) is 0 Å². The van der Waals surface area contributed by atoms with Crippen LogP contribution in [0.1, 0.15) is 12.8 Å². The largest absolute Gasteiger partial charge is 0.424 e. The summed E-state index contributed by atoms with van der Waals surface area (Å²) in [6, 6.07) is 13.9. The van der Waals surface area contributed by atoms with Crippen LogP contribution in [0.25, 0.3) is 0 Å². The van der Waals surface area contributed by atoms with Gasteiger partial charge in [-0.05, 0) is 18.2 Å². The van der Waals surface area contributed by atoms with Crippen molar-refractivity contribution in [2.75, 3.05) is 18.4 Å². The Bertz CT molecular complexity index is 739. The average molecular weight is 341 g/mol. The zero-order valence-corrected chi connectivity index (χ0v) is 13.8. The number of primary amides is 1. The molecule has 1 saturated heterocycles. The first-order valence-electron chi connectivity index (χ1n) is 8.20. The Hall–Kier alpha value is -2.93. The highest BCUT2D eigenvalue weighted by Crippen LogP contribution is 2.29. The lowest BCUT2D eigenvalue weighted by atomic mass is 10.3. The number of urea groups is 1. The third-order valence-corrected chi connectivity index (χ3v) is 4.40. The van der Waals surface area contributed by atoms with E-state index >= 15 is 0 Å². The number of anilines is 1. The lowest BCUT2D eigenvalue weighted by molar-refractivity contribution is -0.806. The minimum atomic E-state index is -0.696. The Labute approximate surface area is 146 Å². The van der Waals surface area contributed by atoms with Crippen molar-refractivity contribution >= 4 is 17.6 Å². The molecule has 2 heterocycles. The number of carbonyl (C=O) groups excluding carboxylic acids is 2. The molecule has 0 saturated carbocycles. The van der Waals surface area contributed by atoms with Crippen LogP contribution >= 0.6 is 0 Å². The molecule has 0 aliphatic carbocycles. The summed E-state index contributed by atoms with van der Waals surface area (Å²) in [4.78, 5) is 29.2. The first-order valence-corrected chi connectivity index (χ1v) is 8.20. The average Bonchev–Trinajstić information content (AvgIpc) is 3.06. The number of para-hydroxylation sites is 1. The maximum absolute atomic E-state index is 12.9. The number of likely N-dealkylation sites (tertiary alicyclic amines) is 1. The normalized spacial score (nSPS) is 22.3. The lowest BCUT2D eigenvalue weighted by Gasteiger charge is -2.32. The number of pyridine rings is 1. The number of nitrogens with one attached hydrogen (secondary N) is 1. The summed E-state index contributed by atoms with van der Waals surface area (Å²) in [5.74, 6) is 0.0664. The predicted octanol–water partition coefficient (Wildman–Crippen LogP) is 2.11. The number of benzene rings is 1. The molecule has 2 atom stereocenters. The number of quaternary nitrogens is 1. The Morgan fingerprint density at radius 2 is 1.96 bits per heavy atom. The van der Waals surface area contributed by atoms with Gasteiger partial charge in [-0.15, -0.1) is 4.48 Å². The van der Waals surface area contributed by atoms with Gasteiger partial charge >= 0.3 is 11.9 Å². The van der Waals surface area contributed by atoms with Gasteiger partial charge in [0.25, 0.3) is 6.23 Å². The van der Waals surface area contributed by atoms with Crippen molar-refractivity contribution in [2.24, 2.45) is 5.73 Å². The van der Waals surface area contributed by atoms with E-state index in [-0.39, 0.29) is 12.5 Å². The fourth-order valence-electron chi connectivity index (χ4n) is 3.12. The fraction of sp³-hybridized carbons (Fsp3) is 0.278. The van der Waals surface area contributed by atoms with Crippen molar-refractivity contribution in [3.05, 3.63) is 54.7 Å². The highest BCUT2D eigenvalue weighted by atomic mass is 16.5. The standard InChI is InChI=1S/C18H20N4O3/c19-18(24)22(16(23)13-21-14-7-2-1-3-8-14)12-6-10-17(22)25-15-9-4-5-11-20-15/h1-5,7-9,11,17,21H,6,10,12-13H2,(H-,19,24)/p+1/t17?,22-/m1/s1. The third kappa shape index (κ3) is 3.46. The molecule has 0 spiro atoms. The van der Waals surface area contributed by atoms with Crippen molar-refractivity contribution in [1.29, 1.82) is 0 Å². The molecule has 130 valence electrons. The van der Waals surface area contributed by atoms with Crippen LogP contribution in [-0.2, 0) is 4.79 Å². The van der Waals surface area contributed by atoms with E-state index in [9.17, 15) is 9.59 Å². The van der Waals surface area contributed by atoms with Gasteiger partial charge in [-0.25, -0.2) is 14.6 Å². The molecule has 3 rings (SSSR count). The number of imide groups is 1. The van der Waals surface area contributed by atoms with Gasteiger partial charge in [-0.2, -0.15) is 0 Å². The predicted molar refractivity (Wildman–Crippen MR) is 92.5 cm³/mol. The van der Waals surface area contributed by atoms with Crippen molar-refractivity contribution in [2.45, 2.75) is 19.1 Å². The van der Waals surface area contributed by atoms with Crippen LogP contribution in [-0.4, -0.2) is 40.7 Å². The Balaban J connectivity index is 1.77. The molecule has 1 aliphatic rings. The third-order valence-electron chi connectivity index (χ3n) is 4.40. The van der Waals surface area contributed by atoms with E-state index in [1.54, 1.807) is 24.4 Å². The number of amides is 3. The summed E-state index contributed by atoms with van der Waals surface area (Å²) in [6.07, 6.45) is 2.19. The fourth-order valence-corrected chi connectivity index (χ4v) is 3.12. The van der Waals surface area contributed by atoms with E-state index in [4.69, 9.17) is 10.5 Å². The second-order valence-corrected chi connectivity index (χ2v) is 5.93. The molecule has 0 bridgehead atoms. The van der Waals surface area contributed by atoms with Crippen molar-refractivity contribution in [1.82, 2.24) is 4.98 Å². The molecule has 2 aromatic rings. The molecule has 3 N–H and O–H groups in total. The Morgan fingerprint density at radius 3 is 2.64 bits per heavy atom. The highest BCUT2D eigenvalue weighted by molar-refractivity contribution is 5.86. The number of aromatic nitrogens is 1. The maximum Gasteiger partial charge on any atom is 0.424 e. The van der Waals surface area contributed by atoms with Crippen molar-refractivity contribution in [3.8, 4) is 5.88 Å². The van der Waals surface area contributed by atoms with E-state index in [2.05, 4.69) is 10.3 Å². The monoisotopic (exact) mass is 341 g/mol. The van der Waals surface area contributed by atoms with E-state index < -0.39 is 16.7 Å². The molecule has 7 heteroatoms. The first kappa shape index (κ1) is 16.9. The Kier molecular flexibility index (Phi) is 4.95. The molecule has 3 amide bonds. The molecule has 1 aliphatic heterocycles. The second-order valence-electron chi connectivity index (χ2n) is 5.93. The molecule has 7 nitrogen and oxygen atoms in total. The number of hydrogen-bond acceptors (Lipinski definition) is 5. The lowest BCUT2D eigenvalue weighted by Crippen LogP contribution is -2.65. The van der Waals surface area contributed by atoms with Gasteiger partial charge in [0.1, 0.15) is 6.54 Å². The summed E-state index contributed by atoms with van der Waals surface area (Å²) in [5.41, 5.74) is 6.44. The molecule has 1 aromatic carbocycles. The maximum atomic E-state index is 12.9. The number of nitrogens with zero attached hydrogens (tertiary/aromatic N) is 2. The van der Waals surface area contributed by atoms with Gasteiger partial charge in [0.15, 0.2) is 0 Å². The van der Waals surface area contributed by atoms with Crippen LogP contribution in [0.5, 0.6) is 5.88 Å². The molecule has 25 heavy (non-hydrogen) atoms. The van der Waals surface area contributed by atoms with Crippen molar-refractivity contribution < 1.29 is 18.8 Å². The van der Waals surface area contributed by atoms with Gasteiger partial charge in [0, 0.05) is 30.8 Å². The van der Waals surface area contributed by atoms with Gasteiger partial charge in [-0.1, -0.05) is 24.3 Å². The van der Waals surface area contributed by atoms with E-state index in [1.807, 2.05) is 30.3 Å². The number of nitrogens with two attached hydrogens (primary N) is 1. The minimum absolute atomic E-state index is 0.00493. The van der Waals surface area contributed by atoms with Gasteiger partial charge < -0.3 is 15.8 Å². The van der Waals surface area contributed by atoms with Crippen LogP contribution in [0.15, 0.2) is 54.7 Å². The summed E-state index contributed by atoms with van der Waals surface area (Å²) in [5, 5.41) is 3.04.